The number of oxime groups is 1. The van der Waals surface area contributed by atoms with Gasteiger partial charge in [-0.1, -0.05) is 65.8 Å². The van der Waals surface area contributed by atoms with Crippen LogP contribution in [0.4, 0.5) is 16.2 Å². The minimum absolute atomic E-state index is 0.0936. The predicted octanol–water partition coefficient (Wildman–Crippen LogP) is 5.24. The summed E-state index contributed by atoms with van der Waals surface area (Å²) in [5.74, 6) is 0.0936. The highest BCUT2D eigenvalue weighted by Crippen LogP contribution is 2.26. The summed E-state index contributed by atoms with van der Waals surface area (Å²) in [7, 11) is 0. The number of carbonyl (C=O) groups excluding carboxylic acids is 1. The van der Waals surface area contributed by atoms with Crippen LogP contribution in [-0.2, 0) is 4.84 Å². The predicted molar refractivity (Wildman–Crippen MR) is 118 cm³/mol. The molecule has 1 N–H and O–H groups in total. The fraction of sp³-hybridized carbons (Fsp3) is 0.130. The molecule has 0 aromatic heterocycles. The van der Waals surface area contributed by atoms with E-state index < -0.39 is 11.0 Å². The van der Waals surface area contributed by atoms with Crippen molar-refractivity contribution >= 4 is 23.2 Å². The molecule has 3 aromatic rings. The van der Waals surface area contributed by atoms with E-state index in [-0.39, 0.29) is 18.0 Å². The molecule has 0 saturated heterocycles. The van der Waals surface area contributed by atoms with Crippen molar-refractivity contribution in [2.24, 2.45) is 5.16 Å². The summed E-state index contributed by atoms with van der Waals surface area (Å²) in [6.07, 6.45) is -0.753. The number of para-hydroxylation sites is 3. The summed E-state index contributed by atoms with van der Waals surface area (Å²) in [6, 6.07) is 20.7. The molecular weight excluding hydrogens is 398 g/mol. The second-order valence-corrected chi connectivity index (χ2v) is 6.69. The topological polar surface area (TPSA) is 103 Å². The highest BCUT2D eigenvalue weighted by Gasteiger charge is 2.16. The van der Waals surface area contributed by atoms with E-state index in [9.17, 15) is 14.9 Å². The number of nitrogens with zero attached hydrogens (tertiary/aromatic N) is 2. The molecule has 0 spiro atoms. The summed E-state index contributed by atoms with van der Waals surface area (Å²) in [6.45, 7) is 3.62. The number of nitro groups is 1. The van der Waals surface area contributed by atoms with Gasteiger partial charge >= 0.3 is 11.8 Å². The van der Waals surface area contributed by atoms with E-state index in [1.807, 2.05) is 38.1 Å². The number of amides is 1. The van der Waals surface area contributed by atoms with E-state index in [2.05, 4.69) is 10.5 Å². The number of nitrogens with one attached hydrogen (secondary N) is 1. The van der Waals surface area contributed by atoms with E-state index >= 15 is 0 Å². The standard InChI is InChI=1S/C23H21N3O5/c1-16-9-8-10-17(2)22(16)24-23(27)31-25-19(18-11-4-3-5-12-18)15-30-21-14-7-6-13-20(21)26(28)29/h3-14H,15H2,1-2H3,(H,24,27). The lowest BCUT2D eigenvalue weighted by Crippen LogP contribution is -2.18. The number of hydrogen-bond donors (Lipinski definition) is 1. The fourth-order valence-corrected chi connectivity index (χ4v) is 2.90. The van der Waals surface area contributed by atoms with Crippen molar-refractivity contribution in [2.75, 3.05) is 11.9 Å². The lowest BCUT2D eigenvalue weighted by Gasteiger charge is -2.11. The molecule has 0 atom stereocenters. The normalized spacial score (nSPS) is 11.0. The van der Waals surface area contributed by atoms with Crippen LogP contribution in [0, 0.1) is 24.0 Å². The van der Waals surface area contributed by atoms with Gasteiger partial charge in [0.05, 0.1) is 4.92 Å². The minimum Gasteiger partial charge on any atom is -0.480 e. The molecule has 0 heterocycles. The first-order valence-corrected chi connectivity index (χ1v) is 9.48. The van der Waals surface area contributed by atoms with Crippen molar-refractivity contribution in [1.82, 2.24) is 0 Å². The van der Waals surface area contributed by atoms with E-state index in [0.29, 0.717) is 17.0 Å². The van der Waals surface area contributed by atoms with Gasteiger partial charge in [-0.05, 0) is 31.0 Å². The third kappa shape index (κ3) is 5.66. The first-order valence-electron chi connectivity index (χ1n) is 9.48. The lowest BCUT2D eigenvalue weighted by molar-refractivity contribution is -0.385. The number of aryl methyl sites for hydroxylation is 2. The van der Waals surface area contributed by atoms with Gasteiger partial charge < -0.3 is 4.74 Å². The summed E-state index contributed by atoms with van der Waals surface area (Å²) >= 11 is 0. The first-order chi connectivity index (χ1) is 15.0. The Labute approximate surface area is 179 Å². The number of rotatable bonds is 7. The molecule has 0 fully saturated rings. The average Bonchev–Trinajstić information content (AvgIpc) is 2.77. The molecule has 3 rings (SSSR count). The Kier molecular flexibility index (Phi) is 6.95. The third-order valence-electron chi connectivity index (χ3n) is 4.48. The van der Waals surface area contributed by atoms with Gasteiger partial charge in [0.25, 0.3) is 0 Å². The number of benzene rings is 3. The van der Waals surface area contributed by atoms with Crippen molar-refractivity contribution in [3.63, 3.8) is 0 Å². The van der Waals surface area contributed by atoms with Gasteiger partial charge in [0.15, 0.2) is 5.75 Å². The van der Waals surface area contributed by atoms with Crippen molar-refractivity contribution < 1.29 is 19.3 Å². The molecule has 0 aliphatic heterocycles. The van der Waals surface area contributed by atoms with Gasteiger partial charge in [0, 0.05) is 17.3 Å². The molecule has 31 heavy (non-hydrogen) atoms. The summed E-state index contributed by atoms with van der Waals surface area (Å²) in [4.78, 5) is 28.0. The molecule has 3 aromatic carbocycles. The second kappa shape index (κ2) is 10.0. The fourth-order valence-electron chi connectivity index (χ4n) is 2.90. The van der Waals surface area contributed by atoms with Crippen LogP contribution < -0.4 is 10.1 Å². The quantitative estimate of drug-likeness (QED) is 0.244. The maximum Gasteiger partial charge on any atom is 0.437 e. The maximum absolute atomic E-state index is 12.3. The van der Waals surface area contributed by atoms with Gasteiger partial charge in [0.2, 0.25) is 0 Å². The highest BCUT2D eigenvalue weighted by atomic mass is 16.7. The van der Waals surface area contributed by atoms with Gasteiger partial charge in [-0.15, -0.1) is 0 Å². The van der Waals surface area contributed by atoms with Crippen LogP contribution in [0.15, 0.2) is 78.0 Å². The van der Waals surface area contributed by atoms with Crippen molar-refractivity contribution in [1.29, 1.82) is 0 Å². The zero-order valence-electron chi connectivity index (χ0n) is 17.1. The largest absolute Gasteiger partial charge is 0.480 e. The Morgan fingerprint density at radius 3 is 2.29 bits per heavy atom. The van der Waals surface area contributed by atoms with Crippen LogP contribution in [0.3, 0.4) is 0 Å². The SMILES string of the molecule is Cc1cccc(C)c1NC(=O)ON=C(COc1ccccc1[N+](=O)[O-])c1ccccc1. The van der Waals surface area contributed by atoms with Crippen molar-refractivity contribution in [2.45, 2.75) is 13.8 Å². The zero-order chi connectivity index (χ0) is 22.2. The molecule has 0 aliphatic rings. The Bertz CT molecular complexity index is 1090. The smallest absolute Gasteiger partial charge is 0.437 e. The van der Waals surface area contributed by atoms with Crippen LogP contribution in [0.25, 0.3) is 0 Å². The van der Waals surface area contributed by atoms with Gasteiger partial charge in [-0.3, -0.25) is 20.3 Å². The van der Waals surface area contributed by atoms with Crippen molar-refractivity contribution in [3.05, 3.63) is 99.6 Å². The summed E-state index contributed by atoms with van der Waals surface area (Å²) in [5, 5.41) is 17.8. The number of nitro benzene ring substituents is 1. The Hall–Kier alpha value is -4.20. The Morgan fingerprint density at radius 1 is 0.968 bits per heavy atom. The molecule has 0 aliphatic carbocycles. The number of ether oxygens (including phenoxy) is 1. The summed E-state index contributed by atoms with van der Waals surface area (Å²) in [5.41, 5.74) is 3.23. The Balaban J connectivity index is 1.77. The zero-order valence-corrected chi connectivity index (χ0v) is 17.1. The van der Waals surface area contributed by atoms with Gasteiger partial charge in [-0.2, -0.15) is 0 Å². The first kappa shape index (κ1) is 21.5. The molecule has 158 valence electrons. The van der Waals surface area contributed by atoms with E-state index in [1.54, 1.807) is 36.4 Å². The second-order valence-electron chi connectivity index (χ2n) is 6.69. The third-order valence-corrected chi connectivity index (χ3v) is 4.48. The molecule has 1 amide bonds. The van der Waals surface area contributed by atoms with Gasteiger partial charge in [0.1, 0.15) is 12.3 Å². The average molecular weight is 419 g/mol. The minimum atomic E-state index is -0.753. The Morgan fingerprint density at radius 2 is 1.61 bits per heavy atom. The van der Waals surface area contributed by atoms with Crippen LogP contribution >= 0.6 is 0 Å². The van der Waals surface area contributed by atoms with E-state index in [1.165, 1.54) is 12.1 Å². The molecule has 0 bridgehead atoms. The molecule has 0 saturated carbocycles. The molecule has 8 nitrogen and oxygen atoms in total. The monoisotopic (exact) mass is 419 g/mol. The molecule has 8 heteroatoms. The lowest BCUT2D eigenvalue weighted by atomic mass is 10.1. The molecular formula is C23H21N3O5. The summed E-state index contributed by atoms with van der Waals surface area (Å²) < 4.78 is 5.62. The maximum atomic E-state index is 12.3. The van der Waals surface area contributed by atoms with Crippen LogP contribution in [0.1, 0.15) is 16.7 Å². The van der Waals surface area contributed by atoms with Crippen molar-refractivity contribution in [3.8, 4) is 5.75 Å². The van der Waals surface area contributed by atoms with Gasteiger partial charge in [-0.25, -0.2) is 4.79 Å². The van der Waals surface area contributed by atoms with E-state index in [4.69, 9.17) is 9.57 Å². The number of anilines is 1. The number of carbonyl (C=O) groups is 1. The number of hydrogen-bond acceptors (Lipinski definition) is 6. The van der Waals surface area contributed by atoms with E-state index in [0.717, 1.165) is 11.1 Å². The van der Waals surface area contributed by atoms with Crippen LogP contribution in [0.5, 0.6) is 5.75 Å². The highest BCUT2D eigenvalue weighted by molar-refractivity contribution is 6.02. The molecule has 0 radical (unpaired) electrons. The van der Waals surface area contributed by atoms with Crippen LogP contribution in [-0.4, -0.2) is 23.3 Å². The molecule has 0 unspecified atom stereocenters. The van der Waals surface area contributed by atoms with Crippen LogP contribution in [0.2, 0.25) is 0 Å².